The lowest BCUT2D eigenvalue weighted by atomic mass is 9.96. The van der Waals surface area contributed by atoms with Crippen molar-refractivity contribution in [3.8, 4) is 11.5 Å². The third kappa shape index (κ3) is 5.31. The van der Waals surface area contributed by atoms with Crippen molar-refractivity contribution in [2.45, 2.75) is 53.6 Å². The molecule has 41 heavy (non-hydrogen) atoms. The summed E-state index contributed by atoms with van der Waals surface area (Å²) in [7, 11) is 0. The van der Waals surface area contributed by atoms with Crippen LogP contribution in [-0.2, 0) is 16.1 Å². The second-order valence-electron chi connectivity index (χ2n) is 10.6. The van der Waals surface area contributed by atoms with Gasteiger partial charge < -0.3 is 28.3 Å². The summed E-state index contributed by atoms with van der Waals surface area (Å²) in [5, 5.41) is 11.7. The normalized spacial score (nSPS) is 16.7. The van der Waals surface area contributed by atoms with Crippen LogP contribution in [0.15, 0.2) is 64.9 Å². The van der Waals surface area contributed by atoms with E-state index in [0.717, 1.165) is 12.0 Å². The Bertz CT molecular complexity index is 1620. The molecule has 214 valence electrons. The summed E-state index contributed by atoms with van der Waals surface area (Å²) in [6, 6.07) is 11.7. The van der Waals surface area contributed by atoms with Crippen molar-refractivity contribution in [3.63, 3.8) is 0 Å². The van der Waals surface area contributed by atoms with Crippen LogP contribution in [0.1, 0.15) is 61.5 Å². The Kier molecular flexibility index (Phi) is 7.88. The molecule has 0 bridgehead atoms. The van der Waals surface area contributed by atoms with Crippen LogP contribution in [0.3, 0.4) is 0 Å². The van der Waals surface area contributed by atoms with Gasteiger partial charge in [-0.05, 0) is 74.6 Å². The molecule has 0 spiro atoms. The van der Waals surface area contributed by atoms with Crippen molar-refractivity contribution in [2.24, 2.45) is 5.92 Å². The fourth-order valence-electron chi connectivity index (χ4n) is 5.12. The number of nitrogens with zero attached hydrogens (tertiary/aromatic N) is 3. The number of ether oxygens (including phenoxy) is 2. The largest absolute Gasteiger partial charge is 0.505 e. The van der Waals surface area contributed by atoms with E-state index in [1.807, 2.05) is 43.5 Å². The molecule has 9 heteroatoms. The van der Waals surface area contributed by atoms with Crippen LogP contribution in [0.2, 0.25) is 0 Å². The van der Waals surface area contributed by atoms with E-state index in [9.17, 15) is 14.7 Å². The van der Waals surface area contributed by atoms with Crippen molar-refractivity contribution in [1.82, 2.24) is 14.3 Å². The van der Waals surface area contributed by atoms with E-state index < -0.39 is 17.7 Å². The second-order valence-corrected chi connectivity index (χ2v) is 10.6. The molecule has 1 amide bonds. The molecule has 1 aliphatic heterocycles. The Morgan fingerprint density at radius 2 is 1.90 bits per heavy atom. The Hall–Kier alpha value is -4.53. The van der Waals surface area contributed by atoms with Crippen LogP contribution in [0.5, 0.6) is 11.5 Å². The van der Waals surface area contributed by atoms with E-state index in [2.05, 4.69) is 18.8 Å². The standard InChI is InChI=1S/C32H35N3O6/c1-6-39-25-17-22(11-12-24(25)41-16-13-19(2)3)28-26(30(37)32(38)35(28)18-23-10-8-15-40-23)29(36)27-21(5)34-14-7-9-20(4)31(34)33-27/h7-12,14-15,17,19,28,36H,6,13,16,18H2,1-5H3/b29-26+. The first-order valence-corrected chi connectivity index (χ1v) is 13.9. The highest BCUT2D eigenvalue weighted by atomic mass is 16.5. The number of ketones is 1. The molecule has 1 N–H and O–H groups in total. The summed E-state index contributed by atoms with van der Waals surface area (Å²) in [6.45, 7) is 10.8. The average Bonchev–Trinajstić information content (AvgIpc) is 3.64. The smallest absolute Gasteiger partial charge is 0.296 e. The van der Waals surface area contributed by atoms with Crippen LogP contribution >= 0.6 is 0 Å². The first-order chi connectivity index (χ1) is 19.7. The van der Waals surface area contributed by atoms with Gasteiger partial charge in [0.2, 0.25) is 0 Å². The molecule has 1 aromatic carbocycles. The maximum absolute atomic E-state index is 13.6. The molecule has 4 aromatic rings. The predicted octanol–water partition coefficient (Wildman–Crippen LogP) is 5.99. The van der Waals surface area contributed by atoms with E-state index in [-0.39, 0.29) is 23.6 Å². The second kappa shape index (κ2) is 11.5. The maximum atomic E-state index is 13.6. The van der Waals surface area contributed by atoms with Crippen molar-refractivity contribution in [3.05, 3.63) is 88.8 Å². The van der Waals surface area contributed by atoms with Crippen LogP contribution in [0.25, 0.3) is 11.4 Å². The number of benzene rings is 1. The van der Waals surface area contributed by atoms with Gasteiger partial charge in [-0.1, -0.05) is 26.0 Å². The number of imidazole rings is 1. The fraction of sp³-hybridized carbons (Fsp3) is 0.344. The zero-order valence-electron chi connectivity index (χ0n) is 24.0. The number of aliphatic hydroxyl groups excluding tert-OH is 1. The number of fused-ring (bicyclic) bond motifs is 1. The Morgan fingerprint density at radius 3 is 2.59 bits per heavy atom. The molecule has 4 heterocycles. The number of Topliss-reactive ketones (excluding diaryl/α,β-unsaturated/α-hetero) is 1. The van der Waals surface area contributed by atoms with Gasteiger partial charge in [0.1, 0.15) is 17.1 Å². The highest BCUT2D eigenvalue weighted by Crippen LogP contribution is 2.43. The monoisotopic (exact) mass is 557 g/mol. The highest BCUT2D eigenvalue weighted by molar-refractivity contribution is 6.46. The van der Waals surface area contributed by atoms with Gasteiger partial charge in [-0.15, -0.1) is 0 Å². The van der Waals surface area contributed by atoms with Crippen LogP contribution < -0.4 is 9.47 Å². The number of carbonyl (C=O) groups excluding carboxylic acids is 2. The summed E-state index contributed by atoms with van der Waals surface area (Å²) in [6.07, 6.45) is 4.25. The van der Waals surface area contributed by atoms with Crippen molar-refractivity contribution >= 4 is 23.1 Å². The lowest BCUT2D eigenvalue weighted by Gasteiger charge is -2.25. The minimum absolute atomic E-state index is 0.0401. The first-order valence-electron chi connectivity index (χ1n) is 13.9. The van der Waals surface area contributed by atoms with Gasteiger partial charge in [0.15, 0.2) is 17.3 Å². The van der Waals surface area contributed by atoms with E-state index in [0.29, 0.717) is 53.3 Å². The quantitative estimate of drug-likeness (QED) is 0.145. The average molecular weight is 558 g/mol. The van der Waals surface area contributed by atoms with Crippen LogP contribution in [0.4, 0.5) is 0 Å². The Labute approximate surface area is 239 Å². The topological polar surface area (TPSA) is 107 Å². The number of aryl methyl sites for hydroxylation is 2. The lowest BCUT2D eigenvalue weighted by Crippen LogP contribution is -2.29. The fourth-order valence-corrected chi connectivity index (χ4v) is 5.12. The molecule has 1 saturated heterocycles. The molecule has 0 aliphatic carbocycles. The minimum atomic E-state index is -0.908. The molecular weight excluding hydrogens is 522 g/mol. The summed E-state index contributed by atoms with van der Waals surface area (Å²) in [5.74, 6) is 0.213. The number of furan rings is 1. The number of hydrogen-bond donors (Lipinski definition) is 1. The van der Waals surface area contributed by atoms with Crippen LogP contribution in [0, 0.1) is 19.8 Å². The predicted molar refractivity (Wildman–Crippen MR) is 154 cm³/mol. The van der Waals surface area contributed by atoms with Gasteiger partial charge >= 0.3 is 0 Å². The SMILES string of the molecule is CCOc1cc(C2/C(=C(\O)c3nc4c(C)cccn4c3C)C(=O)C(=O)N2Cc2ccco2)ccc1OCCC(C)C. The number of amides is 1. The number of hydrogen-bond acceptors (Lipinski definition) is 7. The highest BCUT2D eigenvalue weighted by Gasteiger charge is 2.47. The zero-order chi connectivity index (χ0) is 29.3. The number of pyridine rings is 1. The van der Waals surface area contributed by atoms with Gasteiger partial charge in [-0.25, -0.2) is 4.98 Å². The first kappa shape index (κ1) is 28.0. The Balaban J connectivity index is 1.65. The van der Waals surface area contributed by atoms with Gasteiger partial charge in [-0.2, -0.15) is 0 Å². The van der Waals surface area contributed by atoms with Gasteiger partial charge in [0.25, 0.3) is 11.7 Å². The number of aromatic nitrogens is 2. The molecule has 9 nitrogen and oxygen atoms in total. The molecule has 0 saturated carbocycles. The lowest BCUT2D eigenvalue weighted by molar-refractivity contribution is -0.140. The molecular formula is C32H35N3O6. The third-order valence-electron chi connectivity index (χ3n) is 7.29. The summed E-state index contributed by atoms with van der Waals surface area (Å²) < 4.78 is 19.3. The van der Waals surface area contributed by atoms with E-state index in [1.165, 1.54) is 11.2 Å². The van der Waals surface area contributed by atoms with Crippen molar-refractivity contribution in [2.75, 3.05) is 13.2 Å². The van der Waals surface area contributed by atoms with Crippen molar-refractivity contribution < 1.29 is 28.6 Å². The minimum Gasteiger partial charge on any atom is -0.505 e. The number of likely N-dealkylation sites (tertiary alicyclic amines) is 1. The number of carbonyl (C=O) groups is 2. The zero-order valence-corrected chi connectivity index (χ0v) is 24.0. The van der Waals surface area contributed by atoms with Crippen molar-refractivity contribution in [1.29, 1.82) is 0 Å². The van der Waals surface area contributed by atoms with Crippen LogP contribution in [-0.4, -0.2) is 44.3 Å². The van der Waals surface area contributed by atoms with Gasteiger partial charge in [0, 0.05) is 6.20 Å². The summed E-state index contributed by atoms with van der Waals surface area (Å²) in [4.78, 5) is 33.1. The maximum Gasteiger partial charge on any atom is 0.296 e. The summed E-state index contributed by atoms with van der Waals surface area (Å²) in [5.41, 5.74) is 3.03. The number of rotatable bonds is 10. The molecule has 3 aromatic heterocycles. The molecule has 1 fully saturated rings. The third-order valence-corrected chi connectivity index (χ3v) is 7.29. The van der Waals surface area contributed by atoms with Gasteiger partial charge in [0.05, 0.1) is 43.3 Å². The van der Waals surface area contributed by atoms with E-state index in [1.54, 1.807) is 30.3 Å². The molecule has 1 aliphatic rings. The molecule has 1 atom stereocenters. The molecule has 0 radical (unpaired) electrons. The number of aliphatic hydroxyl groups is 1. The van der Waals surface area contributed by atoms with E-state index in [4.69, 9.17) is 13.9 Å². The summed E-state index contributed by atoms with van der Waals surface area (Å²) >= 11 is 0. The molecule has 1 unspecified atom stereocenters. The van der Waals surface area contributed by atoms with Gasteiger partial charge in [-0.3, -0.25) is 9.59 Å². The Morgan fingerprint density at radius 1 is 1.10 bits per heavy atom. The van der Waals surface area contributed by atoms with E-state index >= 15 is 0 Å². The molecule has 5 rings (SSSR count).